The highest BCUT2D eigenvalue weighted by Crippen LogP contribution is 2.40. The first-order valence-corrected chi connectivity index (χ1v) is 6.17. The third kappa shape index (κ3) is 4.22. The third-order valence-electron chi connectivity index (χ3n) is 3.62. The van der Waals surface area contributed by atoms with Crippen molar-refractivity contribution in [3.8, 4) is 0 Å². The standard InChI is InChI=1S/C13H24O3/c1-13(8-4-5-9-13)10-11(14)6-7-12(15-2)16-3/h12H,4-10H2,1-3H3. The maximum absolute atomic E-state index is 11.8. The highest BCUT2D eigenvalue weighted by Gasteiger charge is 2.30. The minimum Gasteiger partial charge on any atom is -0.356 e. The van der Waals surface area contributed by atoms with Crippen molar-refractivity contribution in [3.05, 3.63) is 0 Å². The number of ketones is 1. The van der Waals surface area contributed by atoms with Gasteiger partial charge in [-0.25, -0.2) is 0 Å². The van der Waals surface area contributed by atoms with Crippen LogP contribution in [0.1, 0.15) is 51.9 Å². The van der Waals surface area contributed by atoms with Crippen LogP contribution in [0.25, 0.3) is 0 Å². The molecular weight excluding hydrogens is 204 g/mol. The van der Waals surface area contributed by atoms with Crippen molar-refractivity contribution in [2.45, 2.75) is 58.2 Å². The summed E-state index contributed by atoms with van der Waals surface area (Å²) in [7, 11) is 3.22. The van der Waals surface area contributed by atoms with Crippen LogP contribution in [0.5, 0.6) is 0 Å². The van der Waals surface area contributed by atoms with E-state index in [0.29, 0.717) is 18.6 Å². The number of carbonyl (C=O) groups excluding carboxylic acids is 1. The van der Waals surface area contributed by atoms with Gasteiger partial charge >= 0.3 is 0 Å². The molecule has 1 aliphatic carbocycles. The molecule has 0 unspecified atom stereocenters. The zero-order chi connectivity index (χ0) is 12.0. The van der Waals surface area contributed by atoms with Crippen LogP contribution in [0.3, 0.4) is 0 Å². The number of carbonyl (C=O) groups is 1. The Morgan fingerprint density at radius 1 is 1.25 bits per heavy atom. The van der Waals surface area contributed by atoms with Gasteiger partial charge in [0.2, 0.25) is 0 Å². The first-order chi connectivity index (χ1) is 7.59. The van der Waals surface area contributed by atoms with E-state index in [0.717, 1.165) is 6.42 Å². The van der Waals surface area contributed by atoms with Crippen molar-refractivity contribution >= 4 is 5.78 Å². The molecule has 0 N–H and O–H groups in total. The van der Waals surface area contributed by atoms with E-state index in [1.165, 1.54) is 25.7 Å². The van der Waals surface area contributed by atoms with E-state index in [1.54, 1.807) is 14.2 Å². The largest absolute Gasteiger partial charge is 0.356 e. The number of ether oxygens (including phenoxy) is 2. The Hall–Kier alpha value is -0.410. The first kappa shape index (κ1) is 13.7. The van der Waals surface area contributed by atoms with Crippen LogP contribution >= 0.6 is 0 Å². The minimum absolute atomic E-state index is 0.236. The Labute approximate surface area is 98.5 Å². The molecule has 0 aromatic rings. The molecule has 0 atom stereocenters. The van der Waals surface area contributed by atoms with E-state index in [2.05, 4.69) is 6.92 Å². The van der Waals surface area contributed by atoms with Crippen LogP contribution in [0.2, 0.25) is 0 Å². The summed E-state index contributed by atoms with van der Waals surface area (Å²) < 4.78 is 10.1. The maximum atomic E-state index is 11.8. The quantitative estimate of drug-likeness (QED) is 0.628. The van der Waals surface area contributed by atoms with Crippen LogP contribution in [0.15, 0.2) is 0 Å². The van der Waals surface area contributed by atoms with E-state index < -0.39 is 0 Å². The molecule has 1 fully saturated rings. The van der Waals surface area contributed by atoms with Crippen molar-refractivity contribution in [1.82, 2.24) is 0 Å². The molecule has 0 spiro atoms. The highest BCUT2D eigenvalue weighted by atomic mass is 16.7. The van der Waals surface area contributed by atoms with Crippen LogP contribution in [0, 0.1) is 5.41 Å². The predicted octanol–water partition coefficient (Wildman–Crippen LogP) is 2.93. The number of hydrogen-bond acceptors (Lipinski definition) is 3. The second-order valence-corrected chi connectivity index (χ2v) is 5.17. The molecule has 0 saturated heterocycles. The summed E-state index contributed by atoms with van der Waals surface area (Å²) >= 11 is 0. The van der Waals surface area contributed by atoms with Gasteiger partial charge in [0.15, 0.2) is 6.29 Å². The van der Waals surface area contributed by atoms with Gasteiger partial charge in [-0.15, -0.1) is 0 Å². The molecule has 0 aromatic heterocycles. The second-order valence-electron chi connectivity index (χ2n) is 5.17. The molecule has 1 aliphatic rings. The molecule has 1 saturated carbocycles. The smallest absolute Gasteiger partial charge is 0.157 e. The molecule has 3 nitrogen and oxygen atoms in total. The predicted molar refractivity (Wildman–Crippen MR) is 63.2 cm³/mol. The molecule has 16 heavy (non-hydrogen) atoms. The van der Waals surface area contributed by atoms with E-state index in [-0.39, 0.29) is 11.7 Å². The van der Waals surface area contributed by atoms with Crippen LogP contribution in [-0.4, -0.2) is 26.3 Å². The lowest BCUT2D eigenvalue weighted by Crippen LogP contribution is -2.19. The summed E-state index contributed by atoms with van der Waals surface area (Å²) in [6, 6.07) is 0. The van der Waals surface area contributed by atoms with Gasteiger partial charge in [0.25, 0.3) is 0 Å². The van der Waals surface area contributed by atoms with Gasteiger partial charge in [0.1, 0.15) is 5.78 Å². The SMILES string of the molecule is COC(CCC(=O)CC1(C)CCCC1)OC. The molecule has 0 aliphatic heterocycles. The van der Waals surface area contributed by atoms with Gasteiger partial charge < -0.3 is 9.47 Å². The lowest BCUT2D eigenvalue weighted by molar-refractivity contribution is -0.128. The summed E-state index contributed by atoms with van der Waals surface area (Å²) in [6.07, 6.45) is 6.70. The minimum atomic E-state index is -0.236. The fourth-order valence-corrected chi connectivity index (χ4v) is 2.58. The van der Waals surface area contributed by atoms with Crippen molar-refractivity contribution in [3.63, 3.8) is 0 Å². The van der Waals surface area contributed by atoms with Gasteiger partial charge in [0.05, 0.1) is 0 Å². The van der Waals surface area contributed by atoms with E-state index in [4.69, 9.17) is 9.47 Å². The summed E-state index contributed by atoms with van der Waals surface area (Å²) in [4.78, 5) is 11.8. The molecule has 94 valence electrons. The van der Waals surface area contributed by atoms with Crippen molar-refractivity contribution in [2.75, 3.05) is 14.2 Å². The van der Waals surface area contributed by atoms with Gasteiger partial charge in [-0.3, -0.25) is 4.79 Å². The Kier molecular flexibility index (Phi) is 5.42. The molecule has 0 heterocycles. The number of hydrogen-bond donors (Lipinski definition) is 0. The monoisotopic (exact) mass is 228 g/mol. The lowest BCUT2D eigenvalue weighted by Gasteiger charge is -2.22. The lowest BCUT2D eigenvalue weighted by atomic mass is 9.82. The van der Waals surface area contributed by atoms with Crippen molar-refractivity contribution in [2.24, 2.45) is 5.41 Å². The summed E-state index contributed by atoms with van der Waals surface area (Å²) in [6.45, 7) is 2.24. The van der Waals surface area contributed by atoms with E-state index in [1.807, 2.05) is 0 Å². The Morgan fingerprint density at radius 2 is 1.81 bits per heavy atom. The Bertz CT molecular complexity index is 215. The number of Topliss-reactive ketones (excluding diaryl/α,β-unsaturated/α-hetero) is 1. The zero-order valence-corrected chi connectivity index (χ0v) is 10.8. The van der Waals surface area contributed by atoms with Gasteiger partial charge in [-0.2, -0.15) is 0 Å². The fourth-order valence-electron chi connectivity index (χ4n) is 2.58. The van der Waals surface area contributed by atoms with Crippen LogP contribution < -0.4 is 0 Å². The fraction of sp³-hybridized carbons (Fsp3) is 0.923. The molecule has 1 rings (SSSR count). The molecule has 0 amide bonds. The molecule has 0 aromatic carbocycles. The highest BCUT2D eigenvalue weighted by molar-refractivity contribution is 5.79. The Balaban J connectivity index is 2.25. The summed E-state index contributed by atoms with van der Waals surface area (Å²) in [5.41, 5.74) is 0.271. The van der Waals surface area contributed by atoms with E-state index >= 15 is 0 Å². The maximum Gasteiger partial charge on any atom is 0.157 e. The number of methoxy groups -OCH3 is 2. The average molecular weight is 228 g/mol. The molecule has 0 bridgehead atoms. The first-order valence-electron chi connectivity index (χ1n) is 6.17. The Morgan fingerprint density at radius 3 is 2.31 bits per heavy atom. The third-order valence-corrected chi connectivity index (χ3v) is 3.62. The molecule has 3 heteroatoms. The second kappa shape index (κ2) is 6.36. The van der Waals surface area contributed by atoms with Crippen molar-refractivity contribution < 1.29 is 14.3 Å². The van der Waals surface area contributed by atoms with E-state index in [9.17, 15) is 4.79 Å². The molecule has 0 radical (unpaired) electrons. The van der Waals surface area contributed by atoms with Gasteiger partial charge in [-0.05, 0) is 18.3 Å². The van der Waals surface area contributed by atoms with Gasteiger partial charge in [-0.1, -0.05) is 19.8 Å². The van der Waals surface area contributed by atoms with Gasteiger partial charge in [0, 0.05) is 33.5 Å². The topological polar surface area (TPSA) is 35.5 Å². The van der Waals surface area contributed by atoms with Crippen LogP contribution in [-0.2, 0) is 14.3 Å². The molecular formula is C13H24O3. The zero-order valence-electron chi connectivity index (χ0n) is 10.8. The normalized spacial score (nSPS) is 19.2. The number of rotatable bonds is 7. The van der Waals surface area contributed by atoms with Crippen LogP contribution in [0.4, 0.5) is 0 Å². The average Bonchev–Trinajstić information content (AvgIpc) is 2.66. The summed E-state index contributed by atoms with van der Waals surface area (Å²) in [5, 5.41) is 0. The summed E-state index contributed by atoms with van der Waals surface area (Å²) in [5.74, 6) is 0.350. The van der Waals surface area contributed by atoms with Crippen molar-refractivity contribution in [1.29, 1.82) is 0 Å².